The maximum atomic E-state index is 13.9. The van der Waals surface area contributed by atoms with Gasteiger partial charge in [0.1, 0.15) is 5.82 Å². The normalized spacial score (nSPS) is 11.6. The Balaban J connectivity index is 1.71. The zero-order valence-corrected chi connectivity index (χ0v) is 17.8. The third-order valence-corrected chi connectivity index (χ3v) is 5.70. The number of aryl methyl sites for hydroxylation is 1. The molecule has 0 spiro atoms. The molecule has 3 rings (SSSR count). The first-order valence-corrected chi connectivity index (χ1v) is 11.4. The molecule has 30 heavy (non-hydrogen) atoms. The van der Waals surface area contributed by atoms with Crippen LogP contribution in [0.25, 0.3) is 11.3 Å². The molecule has 0 radical (unpaired) electrons. The smallest absolute Gasteiger partial charge is 0.227 e. The summed E-state index contributed by atoms with van der Waals surface area (Å²) in [5, 5.41) is 0. The van der Waals surface area contributed by atoms with Gasteiger partial charge in [-0.25, -0.2) is 17.8 Å². The van der Waals surface area contributed by atoms with E-state index in [0.717, 1.165) is 6.26 Å². The Morgan fingerprint density at radius 3 is 2.40 bits per heavy atom. The van der Waals surface area contributed by atoms with Crippen molar-refractivity contribution >= 4 is 21.4 Å². The molecule has 2 aromatic carbocycles. The van der Waals surface area contributed by atoms with Crippen LogP contribution in [0.2, 0.25) is 0 Å². The number of hydrogen-bond donors (Lipinski definition) is 0. The zero-order chi connectivity index (χ0) is 21.9. The van der Waals surface area contributed by atoms with Crippen LogP contribution in [-0.4, -0.2) is 31.6 Å². The molecule has 6 nitrogen and oxygen atoms in total. The molecule has 1 amide bonds. The number of carbonyl (C=O) groups is 1. The lowest BCUT2D eigenvalue weighted by atomic mass is 10.2. The van der Waals surface area contributed by atoms with Gasteiger partial charge < -0.3 is 9.32 Å². The number of amides is 1. The molecule has 8 heteroatoms. The van der Waals surface area contributed by atoms with Crippen LogP contribution in [0.3, 0.4) is 0 Å². The Morgan fingerprint density at radius 1 is 1.13 bits per heavy atom. The summed E-state index contributed by atoms with van der Waals surface area (Å²) in [7, 11) is -3.31. The maximum absolute atomic E-state index is 13.9. The fraction of sp³-hybridized carbons (Fsp3) is 0.273. The van der Waals surface area contributed by atoms with E-state index in [2.05, 4.69) is 4.98 Å². The van der Waals surface area contributed by atoms with Gasteiger partial charge in [-0.1, -0.05) is 12.1 Å². The van der Waals surface area contributed by atoms with E-state index in [1.54, 1.807) is 35.2 Å². The van der Waals surface area contributed by atoms with Crippen molar-refractivity contribution in [2.75, 3.05) is 11.2 Å². The lowest BCUT2D eigenvalue weighted by Gasteiger charge is -2.27. The SMILES string of the molecule is CC(C)N(C(=O)CCc1ncc(-c2ccccc2F)o1)c1ccc(S(C)(=O)=O)cc1. The van der Waals surface area contributed by atoms with Gasteiger partial charge in [0, 0.05) is 30.8 Å². The van der Waals surface area contributed by atoms with Crippen LogP contribution in [0.5, 0.6) is 0 Å². The Labute approximate surface area is 175 Å². The molecule has 0 unspecified atom stereocenters. The van der Waals surface area contributed by atoms with E-state index in [-0.39, 0.29) is 29.7 Å². The number of oxazole rings is 1. The predicted octanol–water partition coefficient (Wildman–Crippen LogP) is 4.26. The van der Waals surface area contributed by atoms with E-state index in [0.29, 0.717) is 22.9 Å². The van der Waals surface area contributed by atoms with Crippen LogP contribution in [-0.2, 0) is 21.1 Å². The summed E-state index contributed by atoms with van der Waals surface area (Å²) in [6.07, 6.45) is 2.99. The fourth-order valence-electron chi connectivity index (χ4n) is 3.13. The maximum Gasteiger partial charge on any atom is 0.227 e. The second kappa shape index (κ2) is 8.79. The van der Waals surface area contributed by atoms with Gasteiger partial charge in [-0.2, -0.15) is 0 Å². The number of nitrogens with zero attached hydrogens (tertiary/aromatic N) is 2. The molecule has 1 aromatic heterocycles. The minimum absolute atomic E-state index is 0.125. The van der Waals surface area contributed by atoms with E-state index in [9.17, 15) is 17.6 Å². The van der Waals surface area contributed by atoms with E-state index in [4.69, 9.17) is 4.42 Å². The molecule has 0 N–H and O–H groups in total. The average molecular weight is 431 g/mol. The van der Waals surface area contributed by atoms with Crippen molar-refractivity contribution in [2.24, 2.45) is 0 Å². The van der Waals surface area contributed by atoms with Crippen LogP contribution in [0.1, 0.15) is 26.2 Å². The summed E-state index contributed by atoms with van der Waals surface area (Å²) in [4.78, 5) is 18.8. The van der Waals surface area contributed by atoms with Crippen molar-refractivity contribution in [3.8, 4) is 11.3 Å². The van der Waals surface area contributed by atoms with Gasteiger partial charge in [0.2, 0.25) is 5.91 Å². The van der Waals surface area contributed by atoms with Crippen molar-refractivity contribution in [1.29, 1.82) is 0 Å². The second-order valence-corrected chi connectivity index (χ2v) is 9.24. The highest BCUT2D eigenvalue weighted by Crippen LogP contribution is 2.25. The monoisotopic (exact) mass is 430 g/mol. The first-order chi connectivity index (χ1) is 14.2. The zero-order valence-electron chi connectivity index (χ0n) is 17.0. The van der Waals surface area contributed by atoms with E-state index < -0.39 is 15.7 Å². The van der Waals surface area contributed by atoms with Gasteiger partial charge in [0.05, 0.1) is 16.7 Å². The highest BCUT2D eigenvalue weighted by atomic mass is 32.2. The first-order valence-electron chi connectivity index (χ1n) is 9.48. The van der Waals surface area contributed by atoms with Crippen LogP contribution >= 0.6 is 0 Å². The molecule has 158 valence electrons. The van der Waals surface area contributed by atoms with Crippen LogP contribution in [0.4, 0.5) is 10.1 Å². The number of rotatable bonds is 7. The molecule has 0 aliphatic heterocycles. The third-order valence-electron chi connectivity index (χ3n) is 4.57. The molecule has 3 aromatic rings. The van der Waals surface area contributed by atoms with Crippen molar-refractivity contribution < 1.29 is 22.0 Å². The van der Waals surface area contributed by atoms with Gasteiger partial charge in [0.15, 0.2) is 21.5 Å². The number of hydrogen-bond acceptors (Lipinski definition) is 5. The van der Waals surface area contributed by atoms with Gasteiger partial charge in [-0.3, -0.25) is 4.79 Å². The summed E-state index contributed by atoms with van der Waals surface area (Å²) in [5.74, 6) is 0.105. The quantitative estimate of drug-likeness (QED) is 0.560. The van der Waals surface area contributed by atoms with Gasteiger partial charge in [-0.15, -0.1) is 0 Å². The third kappa shape index (κ3) is 4.94. The van der Waals surface area contributed by atoms with Crippen molar-refractivity contribution in [2.45, 2.75) is 37.6 Å². The standard InChI is InChI=1S/C22H23FN2O4S/c1-15(2)25(16-8-10-17(11-9-16)30(3,27)28)22(26)13-12-21-24-14-20(29-21)18-6-4-5-7-19(18)23/h4-11,14-15H,12-13H2,1-3H3. The Kier molecular flexibility index (Phi) is 6.36. The molecule has 0 saturated carbocycles. The second-order valence-electron chi connectivity index (χ2n) is 7.22. The molecular weight excluding hydrogens is 407 g/mol. The highest BCUT2D eigenvalue weighted by Gasteiger charge is 2.21. The predicted molar refractivity (Wildman–Crippen MR) is 112 cm³/mol. The summed E-state index contributed by atoms with van der Waals surface area (Å²) >= 11 is 0. The summed E-state index contributed by atoms with van der Waals surface area (Å²) in [5.41, 5.74) is 0.930. The number of anilines is 1. The molecule has 0 aliphatic rings. The average Bonchev–Trinajstić information content (AvgIpc) is 3.15. The minimum atomic E-state index is -3.31. The number of sulfone groups is 1. The summed E-state index contributed by atoms with van der Waals surface area (Å²) < 4.78 is 42.8. The number of carbonyl (C=O) groups excluding carboxylic acids is 1. The van der Waals surface area contributed by atoms with Crippen molar-refractivity contribution in [3.05, 3.63) is 66.4 Å². The van der Waals surface area contributed by atoms with E-state index >= 15 is 0 Å². The number of aromatic nitrogens is 1. The van der Waals surface area contributed by atoms with Crippen LogP contribution in [0, 0.1) is 5.82 Å². The van der Waals surface area contributed by atoms with Crippen LogP contribution < -0.4 is 4.90 Å². The lowest BCUT2D eigenvalue weighted by Crippen LogP contribution is -2.37. The molecule has 0 bridgehead atoms. The van der Waals surface area contributed by atoms with Crippen molar-refractivity contribution in [3.63, 3.8) is 0 Å². The van der Waals surface area contributed by atoms with E-state index in [1.807, 2.05) is 13.8 Å². The topological polar surface area (TPSA) is 80.5 Å². The number of benzene rings is 2. The van der Waals surface area contributed by atoms with Gasteiger partial charge >= 0.3 is 0 Å². The molecule has 0 saturated heterocycles. The fourth-order valence-corrected chi connectivity index (χ4v) is 3.76. The van der Waals surface area contributed by atoms with Gasteiger partial charge in [0.25, 0.3) is 0 Å². The Bertz CT molecular complexity index is 1140. The van der Waals surface area contributed by atoms with E-state index in [1.165, 1.54) is 24.4 Å². The molecule has 0 aliphatic carbocycles. The lowest BCUT2D eigenvalue weighted by molar-refractivity contribution is -0.119. The molecule has 1 heterocycles. The Morgan fingerprint density at radius 2 is 1.80 bits per heavy atom. The molecule has 0 atom stereocenters. The van der Waals surface area contributed by atoms with Gasteiger partial charge in [-0.05, 0) is 50.2 Å². The minimum Gasteiger partial charge on any atom is -0.441 e. The molecular formula is C22H23FN2O4S. The van der Waals surface area contributed by atoms with Crippen LogP contribution in [0.15, 0.2) is 64.0 Å². The summed E-state index contributed by atoms with van der Waals surface area (Å²) in [6.45, 7) is 3.76. The largest absolute Gasteiger partial charge is 0.441 e. The highest BCUT2D eigenvalue weighted by molar-refractivity contribution is 7.90. The molecule has 0 fully saturated rings. The Hall–Kier alpha value is -3.00. The number of halogens is 1. The van der Waals surface area contributed by atoms with Crippen molar-refractivity contribution in [1.82, 2.24) is 4.98 Å². The first kappa shape index (κ1) is 21.7. The summed E-state index contributed by atoms with van der Waals surface area (Å²) in [6, 6.07) is 12.3.